The number of nitrogens with zero attached hydrogens (tertiary/aromatic N) is 5. The van der Waals surface area contributed by atoms with Gasteiger partial charge in [-0.2, -0.15) is 4.98 Å². The van der Waals surface area contributed by atoms with Crippen molar-refractivity contribution in [3.63, 3.8) is 0 Å². The zero-order chi connectivity index (χ0) is 32.0. The van der Waals surface area contributed by atoms with E-state index >= 15 is 0 Å². The van der Waals surface area contributed by atoms with Crippen molar-refractivity contribution in [1.82, 2.24) is 19.9 Å². The highest BCUT2D eigenvalue weighted by atomic mass is 16.6. The SMILES string of the molecule is CCOC(=O)c1cc(-c2cnc(N(C)C3CCN(C(=O)OC(C)(C)C)CC3)nc2)c(C(=N)C(C)C)c([NH2+]C2CCCCC2)n1. The summed E-state index contributed by atoms with van der Waals surface area (Å²) in [5.41, 5.74) is 2.31. The van der Waals surface area contributed by atoms with E-state index in [2.05, 4.69) is 10.2 Å². The van der Waals surface area contributed by atoms with Gasteiger partial charge in [-0.15, -0.1) is 0 Å². The zero-order valence-corrected chi connectivity index (χ0v) is 27.5. The number of hydrogen-bond donors (Lipinski definition) is 2. The first kappa shape index (κ1) is 33.3. The summed E-state index contributed by atoms with van der Waals surface area (Å²) in [6, 6.07) is 2.25. The van der Waals surface area contributed by atoms with Crippen LogP contribution < -0.4 is 10.2 Å². The zero-order valence-electron chi connectivity index (χ0n) is 27.5. The third-order valence-electron chi connectivity index (χ3n) is 8.35. The molecule has 44 heavy (non-hydrogen) atoms. The van der Waals surface area contributed by atoms with Crippen molar-refractivity contribution in [2.45, 2.75) is 104 Å². The summed E-state index contributed by atoms with van der Waals surface area (Å²) < 4.78 is 10.9. The second kappa shape index (κ2) is 14.5. The molecule has 1 aliphatic carbocycles. The van der Waals surface area contributed by atoms with Crippen molar-refractivity contribution in [2.75, 3.05) is 31.6 Å². The molecule has 2 fully saturated rings. The van der Waals surface area contributed by atoms with E-state index in [0.717, 1.165) is 31.2 Å². The molecule has 1 saturated carbocycles. The van der Waals surface area contributed by atoms with E-state index < -0.39 is 11.6 Å². The molecule has 3 heterocycles. The van der Waals surface area contributed by atoms with Crippen LogP contribution in [0.25, 0.3) is 11.1 Å². The van der Waals surface area contributed by atoms with Gasteiger partial charge in [0.25, 0.3) is 0 Å². The van der Waals surface area contributed by atoms with Crippen LogP contribution in [0.15, 0.2) is 18.5 Å². The molecule has 2 aromatic rings. The summed E-state index contributed by atoms with van der Waals surface area (Å²) in [7, 11) is 1.98. The Bertz CT molecular complexity index is 1310. The fourth-order valence-electron chi connectivity index (χ4n) is 5.89. The molecule has 3 N–H and O–H groups in total. The molecule has 240 valence electrons. The van der Waals surface area contributed by atoms with Crippen LogP contribution in [0.3, 0.4) is 0 Å². The lowest BCUT2D eigenvalue weighted by atomic mass is 9.91. The molecule has 11 nitrogen and oxygen atoms in total. The number of nitrogens with two attached hydrogens (primary N) is 1. The topological polar surface area (TPSA) is 138 Å². The number of ether oxygens (including phenoxy) is 2. The Morgan fingerprint density at radius 2 is 1.73 bits per heavy atom. The number of nitrogens with one attached hydrogen (secondary N) is 1. The number of esters is 1. The van der Waals surface area contributed by atoms with Gasteiger partial charge in [0.1, 0.15) is 5.60 Å². The Morgan fingerprint density at radius 1 is 1.09 bits per heavy atom. The molecule has 0 radical (unpaired) electrons. The first-order valence-electron chi connectivity index (χ1n) is 16.1. The van der Waals surface area contributed by atoms with Crippen molar-refractivity contribution in [2.24, 2.45) is 5.92 Å². The van der Waals surface area contributed by atoms with E-state index in [1.165, 1.54) is 19.3 Å². The Hall–Kier alpha value is -3.60. The van der Waals surface area contributed by atoms with Gasteiger partial charge >= 0.3 is 12.1 Å². The molecule has 11 heteroatoms. The van der Waals surface area contributed by atoms with Crippen molar-refractivity contribution in [3.05, 3.63) is 29.7 Å². The minimum atomic E-state index is -0.519. The quantitative estimate of drug-likeness (QED) is 0.296. The maximum absolute atomic E-state index is 12.9. The molecule has 2 aliphatic rings. The van der Waals surface area contributed by atoms with Gasteiger partial charge in [0.15, 0.2) is 5.69 Å². The lowest BCUT2D eigenvalue weighted by molar-refractivity contribution is -0.617. The highest BCUT2D eigenvalue weighted by Crippen LogP contribution is 2.31. The molecular weight excluding hydrogens is 558 g/mol. The third kappa shape index (κ3) is 8.31. The number of hydrogen-bond acceptors (Lipinski definition) is 9. The van der Waals surface area contributed by atoms with Crippen LogP contribution >= 0.6 is 0 Å². The lowest BCUT2D eigenvalue weighted by Gasteiger charge is -2.37. The number of likely N-dealkylation sites (tertiary alicyclic amines) is 1. The Morgan fingerprint density at radius 3 is 2.30 bits per heavy atom. The standard InChI is InChI=1S/C33H49N7O4/c1-8-43-30(41)26-18-25(27(28(34)21(2)3)29(38-26)37-23-12-10-9-11-13-23)22-19-35-31(36-20-22)39(7)24-14-16-40(17-15-24)32(42)44-33(4,5)6/h18-21,23-24,34H,8-17H2,1-7H3,(H,37,38)/p+1. The number of anilines is 1. The predicted molar refractivity (Wildman–Crippen MR) is 171 cm³/mol. The van der Waals surface area contributed by atoms with E-state index in [9.17, 15) is 9.59 Å². The maximum Gasteiger partial charge on any atom is 0.410 e. The average molecular weight is 609 g/mol. The summed E-state index contributed by atoms with van der Waals surface area (Å²) in [6.45, 7) is 12.9. The van der Waals surface area contributed by atoms with E-state index in [0.29, 0.717) is 47.7 Å². The van der Waals surface area contributed by atoms with Crippen molar-refractivity contribution in [1.29, 1.82) is 5.41 Å². The number of rotatable bonds is 9. The third-order valence-corrected chi connectivity index (χ3v) is 8.35. The number of piperidine rings is 1. The lowest BCUT2D eigenvalue weighted by Crippen LogP contribution is -2.85. The fraction of sp³-hybridized carbons (Fsp3) is 0.636. The summed E-state index contributed by atoms with van der Waals surface area (Å²) >= 11 is 0. The molecular formula is C33H50N7O4+. The smallest absolute Gasteiger partial charge is 0.410 e. The highest BCUT2D eigenvalue weighted by Gasteiger charge is 2.31. The summed E-state index contributed by atoms with van der Waals surface area (Å²) in [6.07, 6.45) is 10.6. The highest BCUT2D eigenvalue weighted by molar-refractivity contribution is 6.08. The number of pyridine rings is 1. The number of quaternary nitrogens is 1. The van der Waals surface area contributed by atoms with E-state index in [-0.39, 0.29) is 30.4 Å². The molecule has 0 aromatic carbocycles. The van der Waals surface area contributed by atoms with Gasteiger partial charge in [-0.3, -0.25) is 5.32 Å². The largest absolute Gasteiger partial charge is 0.461 e. The summed E-state index contributed by atoms with van der Waals surface area (Å²) in [4.78, 5) is 43.5. The first-order chi connectivity index (χ1) is 20.9. The molecule has 1 aliphatic heterocycles. The second-order valence-electron chi connectivity index (χ2n) is 13.3. The van der Waals surface area contributed by atoms with Gasteiger partial charge in [-0.25, -0.2) is 19.6 Å². The van der Waals surface area contributed by atoms with Crippen molar-refractivity contribution in [3.8, 4) is 11.1 Å². The average Bonchev–Trinajstić information content (AvgIpc) is 3.00. The van der Waals surface area contributed by atoms with Gasteiger partial charge < -0.3 is 24.7 Å². The van der Waals surface area contributed by atoms with Crippen molar-refractivity contribution >= 4 is 29.5 Å². The van der Waals surface area contributed by atoms with Crippen LogP contribution in [0.5, 0.6) is 0 Å². The van der Waals surface area contributed by atoms with Gasteiger partial charge in [0, 0.05) is 55.4 Å². The maximum atomic E-state index is 12.9. The van der Waals surface area contributed by atoms with Crippen LogP contribution in [0, 0.1) is 11.3 Å². The minimum absolute atomic E-state index is 0.0413. The van der Waals surface area contributed by atoms with Gasteiger partial charge in [-0.05, 0) is 78.2 Å². The van der Waals surface area contributed by atoms with E-state index in [1.807, 2.05) is 41.7 Å². The van der Waals surface area contributed by atoms with Gasteiger partial charge in [0.2, 0.25) is 11.8 Å². The number of aromatic nitrogens is 3. The van der Waals surface area contributed by atoms with Crippen LogP contribution in [0.1, 0.15) is 103 Å². The van der Waals surface area contributed by atoms with E-state index in [4.69, 9.17) is 29.8 Å². The number of amides is 1. The van der Waals surface area contributed by atoms with Gasteiger partial charge in [-0.1, -0.05) is 20.3 Å². The minimum Gasteiger partial charge on any atom is -0.461 e. The fourth-order valence-corrected chi connectivity index (χ4v) is 5.89. The Labute approximate surface area is 261 Å². The molecule has 0 bridgehead atoms. The molecule has 4 rings (SSSR count). The molecule has 0 unspecified atom stereocenters. The molecule has 0 spiro atoms. The van der Waals surface area contributed by atoms with Crippen molar-refractivity contribution < 1.29 is 24.4 Å². The summed E-state index contributed by atoms with van der Waals surface area (Å²) in [5.74, 6) is 0.720. The van der Waals surface area contributed by atoms with Crippen LogP contribution in [0.2, 0.25) is 0 Å². The Balaban J connectivity index is 1.61. The monoisotopic (exact) mass is 608 g/mol. The normalized spacial score (nSPS) is 16.6. The molecule has 1 amide bonds. The van der Waals surface area contributed by atoms with Gasteiger partial charge in [0.05, 0.1) is 18.2 Å². The predicted octanol–water partition coefficient (Wildman–Crippen LogP) is 5.10. The molecule has 1 saturated heterocycles. The first-order valence-corrected chi connectivity index (χ1v) is 16.1. The Kier molecular flexibility index (Phi) is 10.9. The summed E-state index contributed by atoms with van der Waals surface area (Å²) in [5, 5.41) is 11.2. The van der Waals surface area contributed by atoms with Crippen LogP contribution in [-0.2, 0) is 9.47 Å². The second-order valence-corrected chi connectivity index (χ2v) is 13.3. The molecule has 2 aromatic heterocycles. The van der Waals surface area contributed by atoms with Crippen LogP contribution in [-0.4, -0.2) is 82.1 Å². The molecule has 0 atom stereocenters. The van der Waals surface area contributed by atoms with E-state index in [1.54, 1.807) is 30.3 Å². The van der Waals surface area contributed by atoms with Crippen LogP contribution in [0.4, 0.5) is 16.6 Å². The number of carbonyl (C=O) groups excluding carboxylic acids is 2. The number of carbonyl (C=O) groups is 2.